The highest BCUT2D eigenvalue weighted by Gasteiger charge is 2.33. The molecule has 0 aromatic heterocycles. The average Bonchev–Trinajstić information content (AvgIpc) is 2.45. The molecule has 0 saturated heterocycles. The first-order valence-corrected chi connectivity index (χ1v) is 8.08. The van der Waals surface area contributed by atoms with Crippen molar-refractivity contribution in [2.45, 2.75) is 58.6 Å². The van der Waals surface area contributed by atoms with Gasteiger partial charge in [0.25, 0.3) is 0 Å². The third-order valence-corrected chi connectivity index (χ3v) is 3.94. The largest absolute Gasteiger partial charge is 0.478 e. The van der Waals surface area contributed by atoms with Gasteiger partial charge in [0, 0.05) is 6.54 Å². The van der Waals surface area contributed by atoms with E-state index in [1.54, 1.807) is 17.0 Å². The lowest BCUT2D eigenvalue weighted by Gasteiger charge is -2.38. The molecule has 2 rings (SSSR count). The molecule has 23 heavy (non-hydrogen) atoms. The molecule has 1 N–H and O–H groups in total. The zero-order chi connectivity index (χ0) is 17.2. The Balaban J connectivity index is 2.31. The van der Waals surface area contributed by atoms with Crippen LogP contribution in [0.15, 0.2) is 18.2 Å². The van der Waals surface area contributed by atoms with Crippen molar-refractivity contribution >= 4 is 12.1 Å². The Morgan fingerprint density at radius 1 is 1.35 bits per heavy atom. The Labute approximate surface area is 137 Å². The first kappa shape index (κ1) is 17.3. The number of hydrogen-bond donors (Lipinski definition) is 1. The van der Waals surface area contributed by atoms with Gasteiger partial charge in [-0.05, 0) is 56.9 Å². The summed E-state index contributed by atoms with van der Waals surface area (Å²) in [6.45, 7) is 8.20. The summed E-state index contributed by atoms with van der Waals surface area (Å²) in [7, 11) is 0. The van der Waals surface area contributed by atoms with Crippen LogP contribution < -0.4 is 0 Å². The van der Waals surface area contributed by atoms with Crippen LogP contribution in [0.25, 0.3) is 0 Å². The molecule has 1 aliphatic heterocycles. The summed E-state index contributed by atoms with van der Waals surface area (Å²) >= 11 is 0. The maximum atomic E-state index is 12.5. The van der Waals surface area contributed by atoms with Gasteiger partial charge >= 0.3 is 12.1 Å². The SMILES string of the molecule is CCCC1c2ccc(C(=O)O)cc2CCN1C(=O)OC(C)(C)C. The minimum atomic E-state index is -0.922. The van der Waals surface area contributed by atoms with Gasteiger partial charge in [0.05, 0.1) is 11.6 Å². The number of hydrogen-bond acceptors (Lipinski definition) is 3. The van der Waals surface area contributed by atoms with Crippen LogP contribution in [0, 0.1) is 0 Å². The normalized spacial score (nSPS) is 17.6. The Kier molecular flexibility index (Phi) is 4.97. The molecule has 1 heterocycles. The van der Waals surface area contributed by atoms with Crippen LogP contribution in [-0.2, 0) is 11.2 Å². The van der Waals surface area contributed by atoms with Crippen molar-refractivity contribution in [1.82, 2.24) is 4.90 Å². The fraction of sp³-hybridized carbons (Fsp3) is 0.556. The van der Waals surface area contributed by atoms with Crippen LogP contribution >= 0.6 is 0 Å². The molecular formula is C18H25NO4. The maximum absolute atomic E-state index is 12.5. The fourth-order valence-electron chi connectivity index (χ4n) is 2.97. The van der Waals surface area contributed by atoms with Gasteiger partial charge in [0.15, 0.2) is 0 Å². The third kappa shape index (κ3) is 4.03. The third-order valence-electron chi connectivity index (χ3n) is 3.94. The van der Waals surface area contributed by atoms with E-state index in [0.717, 1.165) is 24.0 Å². The van der Waals surface area contributed by atoms with Crippen LogP contribution in [0.3, 0.4) is 0 Å². The predicted octanol–water partition coefficient (Wildman–Crippen LogP) is 4.02. The molecular weight excluding hydrogens is 294 g/mol. The average molecular weight is 319 g/mol. The van der Waals surface area contributed by atoms with Gasteiger partial charge in [-0.25, -0.2) is 9.59 Å². The molecule has 0 saturated carbocycles. The highest BCUT2D eigenvalue weighted by Crippen LogP contribution is 2.34. The van der Waals surface area contributed by atoms with E-state index in [9.17, 15) is 9.59 Å². The number of benzene rings is 1. The number of nitrogens with zero attached hydrogens (tertiary/aromatic N) is 1. The molecule has 0 bridgehead atoms. The van der Waals surface area contributed by atoms with Gasteiger partial charge < -0.3 is 14.7 Å². The zero-order valence-electron chi connectivity index (χ0n) is 14.3. The quantitative estimate of drug-likeness (QED) is 0.913. The number of carboxylic acid groups (broad SMARTS) is 1. The fourth-order valence-corrected chi connectivity index (χ4v) is 2.97. The molecule has 1 unspecified atom stereocenters. The highest BCUT2D eigenvalue weighted by atomic mass is 16.6. The standard InChI is InChI=1S/C18H25NO4/c1-5-6-15-14-8-7-13(16(20)21)11-12(14)9-10-19(15)17(22)23-18(2,3)4/h7-8,11,15H,5-6,9-10H2,1-4H3,(H,20,21). The number of rotatable bonds is 3. The highest BCUT2D eigenvalue weighted by molar-refractivity contribution is 5.88. The van der Waals surface area contributed by atoms with E-state index in [4.69, 9.17) is 9.84 Å². The number of carbonyl (C=O) groups is 2. The maximum Gasteiger partial charge on any atom is 0.410 e. The molecule has 1 aromatic rings. The lowest BCUT2D eigenvalue weighted by atomic mass is 9.89. The second-order valence-electron chi connectivity index (χ2n) is 6.95. The first-order valence-electron chi connectivity index (χ1n) is 8.08. The van der Waals surface area contributed by atoms with E-state index in [0.29, 0.717) is 18.5 Å². The molecule has 0 aliphatic carbocycles. The topological polar surface area (TPSA) is 66.8 Å². The lowest BCUT2D eigenvalue weighted by Crippen LogP contribution is -2.43. The van der Waals surface area contributed by atoms with Crippen molar-refractivity contribution in [2.75, 3.05) is 6.54 Å². The van der Waals surface area contributed by atoms with E-state index in [1.807, 2.05) is 26.8 Å². The van der Waals surface area contributed by atoms with Crippen molar-refractivity contribution in [3.8, 4) is 0 Å². The van der Waals surface area contributed by atoms with Crippen molar-refractivity contribution in [2.24, 2.45) is 0 Å². The monoisotopic (exact) mass is 319 g/mol. The number of amides is 1. The number of carboxylic acids is 1. The summed E-state index contributed by atoms with van der Waals surface area (Å²) in [6, 6.07) is 5.13. The summed E-state index contributed by atoms with van der Waals surface area (Å²) in [4.78, 5) is 25.4. The van der Waals surface area contributed by atoms with Crippen LogP contribution in [0.5, 0.6) is 0 Å². The van der Waals surface area contributed by atoms with Crippen molar-refractivity contribution in [3.05, 3.63) is 34.9 Å². The molecule has 126 valence electrons. The predicted molar refractivity (Wildman–Crippen MR) is 87.7 cm³/mol. The van der Waals surface area contributed by atoms with Gasteiger partial charge in [-0.2, -0.15) is 0 Å². The minimum absolute atomic E-state index is 0.0542. The summed E-state index contributed by atoms with van der Waals surface area (Å²) in [5, 5.41) is 9.14. The van der Waals surface area contributed by atoms with E-state index >= 15 is 0 Å². The van der Waals surface area contributed by atoms with E-state index < -0.39 is 11.6 Å². The molecule has 1 amide bonds. The Bertz CT molecular complexity index is 604. The van der Waals surface area contributed by atoms with Crippen LogP contribution in [0.4, 0.5) is 4.79 Å². The summed E-state index contributed by atoms with van der Waals surface area (Å²) in [5.74, 6) is -0.922. The molecule has 0 fully saturated rings. The molecule has 0 radical (unpaired) electrons. The molecule has 1 aromatic carbocycles. The van der Waals surface area contributed by atoms with E-state index in [2.05, 4.69) is 6.92 Å². The van der Waals surface area contributed by atoms with Gasteiger partial charge in [0.2, 0.25) is 0 Å². The molecule has 5 heteroatoms. The van der Waals surface area contributed by atoms with Gasteiger partial charge in [-0.3, -0.25) is 0 Å². The van der Waals surface area contributed by atoms with Crippen molar-refractivity contribution < 1.29 is 19.4 Å². The van der Waals surface area contributed by atoms with E-state index in [1.165, 1.54) is 0 Å². The van der Waals surface area contributed by atoms with Gasteiger partial charge in [-0.15, -0.1) is 0 Å². The second kappa shape index (κ2) is 6.60. The molecule has 0 spiro atoms. The summed E-state index contributed by atoms with van der Waals surface area (Å²) < 4.78 is 5.52. The van der Waals surface area contributed by atoms with Crippen LogP contribution in [0.2, 0.25) is 0 Å². The molecule has 5 nitrogen and oxygen atoms in total. The smallest absolute Gasteiger partial charge is 0.410 e. The first-order chi connectivity index (χ1) is 10.7. The Morgan fingerprint density at radius 3 is 2.61 bits per heavy atom. The molecule has 1 aliphatic rings. The molecule has 1 atom stereocenters. The second-order valence-corrected chi connectivity index (χ2v) is 6.95. The van der Waals surface area contributed by atoms with Crippen molar-refractivity contribution in [1.29, 1.82) is 0 Å². The number of ether oxygens (including phenoxy) is 1. The minimum Gasteiger partial charge on any atom is -0.478 e. The van der Waals surface area contributed by atoms with Crippen LogP contribution in [-0.4, -0.2) is 34.2 Å². The number of fused-ring (bicyclic) bond motifs is 1. The van der Waals surface area contributed by atoms with Gasteiger partial charge in [0.1, 0.15) is 5.60 Å². The van der Waals surface area contributed by atoms with E-state index in [-0.39, 0.29) is 12.1 Å². The van der Waals surface area contributed by atoms with Crippen molar-refractivity contribution in [3.63, 3.8) is 0 Å². The number of aromatic carboxylic acids is 1. The van der Waals surface area contributed by atoms with Crippen LogP contribution in [0.1, 0.15) is 68.1 Å². The Hall–Kier alpha value is -2.04. The van der Waals surface area contributed by atoms with Gasteiger partial charge in [-0.1, -0.05) is 19.4 Å². The number of carbonyl (C=O) groups excluding carboxylic acids is 1. The summed E-state index contributed by atoms with van der Waals surface area (Å²) in [5.41, 5.74) is 1.82. The summed E-state index contributed by atoms with van der Waals surface area (Å²) in [6.07, 6.45) is 2.11. The Morgan fingerprint density at radius 2 is 2.04 bits per heavy atom. The lowest BCUT2D eigenvalue weighted by molar-refractivity contribution is 0.0131. The zero-order valence-corrected chi connectivity index (χ0v) is 14.3.